The molecular formula is C14H28N2O2. The van der Waals surface area contributed by atoms with E-state index in [1.165, 1.54) is 6.42 Å². The molecule has 4 heteroatoms. The van der Waals surface area contributed by atoms with Crippen LogP contribution in [0.5, 0.6) is 0 Å². The van der Waals surface area contributed by atoms with Gasteiger partial charge in [0.05, 0.1) is 19.3 Å². The van der Waals surface area contributed by atoms with Crippen molar-refractivity contribution in [2.75, 3.05) is 39.5 Å². The zero-order valence-corrected chi connectivity index (χ0v) is 11.9. The Morgan fingerprint density at radius 3 is 2.94 bits per heavy atom. The smallest absolute Gasteiger partial charge is 0.0700 e. The molecule has 0 radical (unpaired) electrons. The average molecular weight is 256 g/mol. The van der Waals surface area contributed by atoms with Crippen LogP contribution in [0.4, 0.5) is 0 Å². The van der Waals surface area contributed by atoms with Crippen molar-refractivity contribution in [2.24, 2.45) is 0 Å². The number of nitrogens with one attached hydrogen (secondary N) is 1. The van der Waals surface area contributed by atoms with Gasteiger partial charge in [0, 0.05) is 31.8 Å². The third kappa shape index (κ3) is 3.67. The van der Waals surface area contributed by atoms with E-state index in [0.717, 1.165) is 52.3 Å². The van der Waals surface area contributed by atoms with Gasteiger partial charge < -0.3 is 14.8 Å². The van der Waals surface area contributed by atoms with Crippen molar-refractivity contribution in [2.45, 2.75) is 51.3 Å². The van der Waals surface area contributed by atoms with E-state index in [9.17, 15) is 0 Å². The Kier molecular flexibility index (Phi) is 5.89. The summed E-state index contributed by atoms with van der Waals surface area (Å²) in [7, 11) is 0. The van der Waals surface area contributed by atoms with E-state index in [-0.39, 0.29) is 0 Å². The standard InChI is InChI=1S/C14H28N2O2/c1-3-6-15-13-5-8-17-11-14(13)16-7-9-18-12(4-2)10-16/h12-15H,3-11H2,1-2H3. The first-order valence-electron chi connectivity index (χ1n) is 7.52. The van der Waals surface area contributed by atoms with Gasteiger partial charge in [-0.2, -0.15) is 0 Å². The van der Waals surface area contributed by atoms with Gasteiger partial charge in [-0.3, -0.25) is 4.90 Å². The summed E-state index contributed by atoms with van der Waals surface area (Å²) in [5.41, 5.74) is 0. The van der Waals surface area contributed by atoms with E-state index in [2.05, 4.69) is 24.1 Å². The summed E-state index contributed by atoms with van der Waals surface area (Å²) in [6.45, 7) is 10.3. The van der Waals surface area contributed by atoms with Gasteiger partial charge in [0.2, 0.25) is 0 Å². The lowest BCUT2D eigenvalue weighted by Gasteiger charge is -2.43. The molecule has 4 nitrogen and oxygen atoms in total. The summed E-state index contributed by atoms with van der Waals surface area (Å²) in [6.07, 6.45) is 3.85. The molecule has 0 aliphatic carbocycles. The van der Waals surface area contributed by atoms with Crippen molar-refractivity contribution in [1.82, 2.24) is 10.2 Å². The van der Waals surface area contributed by atoms with Gasteiger partial charge in [-0.05, 0) is 25.8 Å². The van der Waals surface area contributed by atoms with Crippen LogP contribution in [0, 0.1) is 0 Å². The second kappa shape index (κ2) is 7.43. The fourth-order valence-corrected chi connectivity index (χ4v) is 2.94. The first kappa shape index (κ1) is 14.3. The molecule has 0 saturated carbocycles. The largest absolute Gasteiger partial charge is 0.380 e. The Morgan fingerprint density at radius 2 is 2.17 bits per heavy atom. The molecule has 18 heavy (non-hydrogen) atoms. The Morgan fingerprint density at radius 1 is 1.28 bits per heavy atom. The van der Waals surface area contributed by atoms with Crippen molar-refractivity contribution in [1.29, 1.82) is 0 Å². The van der Waals surface area contributed by atoms with Crippen molar-refractivity contribution in [3.05, 3.63) is 0 Å². The van der Waals surface area contributed by atoms with Gasteiger partial charge in [0.1, 0.15) is 0 Å². The van der Waals surface area contributed by atoms with Crippen molar-refractivity contribution < 1.29 is 9.47 Å². The highest BCUT2D eigenvalue weighted by Gasteiger charge is 2.33. The fourth-order valence-electron chi connectivity index (χ4n) is 2.94. The Labute approximate surface area is 111 Å². The van der Waals surface area contributed by atoms with Gasteiger partial charge in [-0.1, -0.05) is 13.8 Å². The monoisotopic (exact) mass is 256 g/mol. The van der Waals surface area contributed by atoms with Crippen molar-refractivity contribution >= 4 is 0 Å². The molecule has 0 aromatic rings. The lowest BCUT2D eigenvalue weighted by Crippen LogP contribution is -2.59. The molecule has 1 N–H and O–H groups in total. The number of rotatable bonds is 5. The summed E-state index contributed by atoms with van der Waals surface area (Å²) in [5, 5.41) is 3.69. The molecule has 0 aromatic carbocycles. The maximum absolute atomic E-state index is 5.76. The Balaban J connectivity index is 1.90. The quantitative estimate of drug-likeness (QED) is 0.803. The van der Waals surface area contributed by atoms with Crippen molar-refractivity contribution in [3.8, 4) is 0 Å². The molecule has 3 unspecified atom stereocenters. The molecule has 2 rings (SSSR count). The second-order valence-electron chi connectivity index (χ2n) is 5.39. The second-order valence-corrected chi connectivity index (χ2v) is 5.39. The van der Waals surface area contributed by atoms with Crippen LogP contribution in [0.1, 0.15) is 33.1 Å². The molecule has 106 valence electrons. The third-order valence-electron chi connectivity index (χ3n) is 4.08. The van der Waals surface area contributed by atoms with E-state index >= 15 is 0 Å². The SMILES string of the molecule is CCCNC1CCOCC1N1CCOC(CC)C1. The molecule has 0 amide bonds. The summed E-state index contributed by atoms with van der Waals surface area (Å²) < 4.78 is 11.5. The van der Waals surface area contributed by atoms with Crippen molar-refractivity contribution in [3.63, 3.8) is 0 Å². The molecule has 0 bridgehead atoms. The first-order chi connectivity index (χ1) is 8.85. The van der Waals surface area contributed by atoms with Gasteiger partial charge in [-0.15, -0.1) is 0 Å². The Hall–Kier alpha value is -0.160. The zero-order chi connectivity index (χ0) is 12.8. The fraction of sp³-hybridized carbons (Fsp3) is 1.00. The van der Waals surface area contributed by atoms with Gasteiger partial charge in [-0.25, -0.2) is 0 Å². The number of hydrogen-bond acceptors (Lipinski definition) is 4. The summed E-state index contributed by atoms with van der Waals surface area (Å²) in [5.74, 6) is 0. The summed E-state index contributed by atoms with van der Waals surface area (Å²) in [4.78, 5) is 2.57. The number of hydrogen-bond donors (Lipinski definition) is 1. The maximum Gasteiger partial charge on any atom is 0.0700 e. The van der Waals surface area contributed by atoms with Gasteiger partial charge in [0.15, 0.2) is 0 Å². The molecule has 0 aromatic heterocycles. The van der Waals surface area contributed by atoms with Crippen LogP contribution < -0.4 is 5.32 Å². The Bertz CT molecular complexity index is 238. The number of ether oxygens (including phenoxy) is 2. The molecule has 2 saturated heterocycles. The molecular weight excluding hydrogens is 228 g/mol. The summed E-state index contributed by atoms with van der Waals surface area (Å²) >= 11 is 0. The van der Waals surface area contributed by atoms with Crippen LogP contribution in [0.25, 0.3) is 0 Å². The third-order valence-corrected chi connectivity index (χ3v) is 4.08. The molecule has 2 aliphatic heterocycles. The van der Waals surface area contributed by atoms with Gasteiger partial charge >= 0.3 is 0 Å². The predicted molar refractivity (Wildman–Crippen MR) is 72.9 cm³/mol. The predicted octanol–water partition coefficient (Wildman–Crippen LogP) is 1.25. The average Bonchev–Trinajstić information content (AvgIpc) is 2.45. The van der Waals surface area contributed by atoms with E-state index in [1.807, 2.05) is 0 Å². The van der Waals surface area contributed by atoms with Crippen LogP contribution in [-0.4, -0.2) is 62.5 Å². The van der Waals surface area contributed by atoms with Gasteiger partial charge in [0.25, 0.3) is 0 Å². The first-order valence-corrected chi connectivity index (χ1v) is 7.52. The van der Waals surface area contributed by atoms with Crippen LogP contribution in [0.15, 0.2) is 0 Å². The highest BCUT2D eigenvalue weighted by molar-refractivity contribution is 4.89. The van der Waals surface area contributed by atoms with E-state index < -0.39 is 0 Å². The molecule has 0 spiro atoms. The molecule has 2 aliphatic rings. The summed E-state index contributed by atoms with van der Waals surface area (Å²) in [6, 6.07) is 1.12. The topological polar surface area (TPSA) is 33.7 Å². The lowest BCUT2D eigenvalue weighted by molar-refractivity contribution is -0.0780. The highest BCUT2D eigenvalue weighted by atomic mass is 16.5. The van der Waals surface area contributed by atoms with E-state index in [0.29, 0.717) is 18.2 Å². The minimum absolute atomic E-state index is 0.410. The van der Waals surface area contributed by atoms with Crippen LogP contribution >= 0.6 is 0 Å². The molecule has 3 atom stereocenters. The zero-order valence-electron chi connectivity index (χ0n) is 11.9. The number of nitrogens with zero attached hydrogens (tertiary/aromatic N) is 1. The van der Waals surface area contributed by atoms with E-state index in [4.69, 9.17) is 9.47 Å². The minimum atomic E-state index is 0.410. The van der Waals surface area contributed by atoms with Crippen LogP contribution in [0.3, 0.4) is 0 Å². The minimum Gasteiger partial charge on any atom is -0.380 e. The number of morpholine rings is 1. The normalized spacial score (nSPS) is 34.7. The van der Waals surface area contributed by atoms with Crippen LogP contribution in [-0.2, 0) is 9.47 Å². The highest BCUT2D eigenvalue weighted by Crippen LogP contribution is 2.18. The lowest BCUT2D eigenvalue weighted by atomic mass is 10.00. The molecule has 2 heterocycles. The maximum atomic E-state index is 5.76. The van der Waals surface area contributed by atoms with Crippen LogP contribution in [0.2, 0.25) is 0 Å². The molecule has 2 fully saturated rings. The van der Waals surface area contributed by atoms with E-state index in [1.54, 1.807) is 0 Å².